The maximum Gasteiger partial charge on any atom is 0.272 e. The lowest BCUT2D eigenvalue weighted by Crippen LogP contribution is -2.12. The van der Waals surface area contributed by atoms with E-state index >= 15 is 0 Å². The van der Waals surface area contributed by atoms with Crippen LogP contribution in [0, 0.1) is 0 Å². The highest BCUT2D eigenvalue weighted by atomic mass is 16.5. The second-order valence-electron chi connectivity index (χ2n) is 4.76. The summed E-state index contributed by atoms with van der Waals surface area (Å²) in [6.07, 6.45) is 0. The van der Waals surface area contributed by atoms with E-state index < -0.39 is 5.91 Å². The highest BCUT2D eigenvalue weighted by Gasteiger charge is 2.08. The van der Waals surface area contributed by atoms with Gasteiger partial charge in [0.2, 0.25) is 11.8 Å². The summed E-state index contributed by atoms with van der Waals surface area (Å²) in [5.41, 5.74) is 6.19. The van der Waals surface area contributed by atoms with Crippen LogP contribution in [0.1, 0.15) is 15.9 Å². The Morgan fingerprint density at radius 3 is 2.68 bits per heavy atom. The van der Waals surface area contributed by atoms with E-state index in [1.807, 2.05) is 12.1 Å². The molecule has 0 spiro atoms. The van der Waals surface area contributed by atoms with Gasteiger partial charge in [-0.05, 0) is 29.8 Å². The van der Waals surface area contributed by atoms with Crippen molar-refractivity contribution in [3.8, 4) is 5.88 Å². The number of fused-ring (bicyclic) bond motifs is 1. The fourth-order valence-electron chi connectivity index (χ4n) is 2.17. The number of nitrogens with two attached hydrogens (primary N) is 1. The van der Waals surface area contributed by atoms with Crippen molar-refractivity contribution >= 4 is 16.7 Å². The van der Waals surface area contributed by atoms with Gasteiger partial charge in [-0.25, -0.2) is 5.10 Å². The van der Waals surface area contributed by atoms with E-state index in [0.29, 0.717) is 22.2 Å². The highest BCUT2D eigenvalue weighted by molar-refractivity contribution is 5.92. The number of nitrogens with zero attached hydrogens (tertiary/aromatic N) is 1. The van der Waals surface area contributed by atoms with Crippen molar-refractivity contribution in [2.75, 3.05) is 0 Å². The van der Waals surface area contributed by atoms with Crippen molar-refractivity contribution in [1.82, 2.24) is 10.2 Å². The molecule has 6 heteroatoms. The number of H-pyrrole nitrogens is 1. The number of amides is 1. The summed E-state index contributed by atoms with van der Waals surface area (Å²) in [5.74, 6) is -0.158. The monoisotopic (exact) mass is 295 g/mol. The van der Waals surface area contributed by atoms with Gasteiger partial charge >= 0.3 is 0 Å². The summed E-state index contributed by atoms with van der Waals surface area (Å²) in [5, 5.41) is 7.48. The largest absolute Gasteiger partial charge is 0.471 e. The van der Waals surface area contributed by atoms with Crippen LogP contribution in [0.15, 0.2) is 53.3 Å². The zero-order valence-electron chi connectivity index (χ0n) is 11.6. The van der Waals surface area contributed by atoms with Gasteiger partial charge in [-0.2, -0.15) is 0 Å². The zero-order chi connectivity index (χ0) is 15.5. The SMILES string of the molecule is NC(=O)c1cccc(COc2n[nH]c(=O)c3ccccc23)c1. The molecule has 0 fully saturated rings. The minimum atomic E-state index is -0.491. The van der Waals surface area contributed by atoms with Gasteiger partial charge < -0.3 is 10.5 Å². The van der Waals surface area contributed by atoms with Crippen LogP contribution in [-0.4, -0.2) is 16.1 Å². The number of primary amides is 1. The van der Waals surface area contributed by atoms with Crippen LogP contribution in [-0.2, 0) is 6.61 Å². The number of benzene rings is 2. The highest BCUT2D eigenvalue weighted by Crippen LogP contribution is 2.20. The molecular weight excluding hydrogens is 282 g/mol. The number of hydrogen-bond donors (Lipinski definition) is 2. The Kier molecular flexibility index (Phi) is 3.57. The minimum absolute atomic E-state index is 0.212. The van der Waals surface area contributed by atoms with E-state index in [1.165, 1.54) is 0 Å². The second kappa shape index (κ2) is 5.69. The van der Waals surface area contributed by atoms with Gasteiger partial charge in [-0.1, -0.05) is 24.3 Å². The summed E-state index contributed by atoms with van der Waals surface area (Å²) in [6.45, 7) is 0.212. The van der Waals surface area contributed by atoms with Crippen LogP contribution in [0.4, 0.5) is 0 Å². The first-order valence-corrected chi connectivity index (χ1v) is 6.64. The number of carbonyl (C=O) groups excluding carboxylic acids is 1. The number of aromatic amines is 1. The van der Waals surface area contributed by atoms with Gasteiger partial charge in [0.05, 0.1) is 10.8 Å². The van der Waals surface area contributed by atoms with E-state index in [1.54, 1.807) is 36.4 Å². The minimum Gasteiger partial charge on any atom is -0.471 e. The van der Waals surface area contributed by atoms with Crippen molar-refractivity contribution in [2.45, 2.75) is 6.61 Å². The van der Waals surface area contributed by atoms with Gasteiger partial charge in [0.15, 0.2) is 0 Å². The van der Waals surface area contributed by atoms with Crippen molar-refractivity contribution in [3.63, 3.8) is 0 Å². The normalized spacial score (nSPS) is 10.5. The molecule has 110 valence electrons. The number of nitrogens with one attached hydrogen (secondary N) is 1. The summed E-state index contributed by atoms with van der Waals surface area (Å²) < 4.78 is 5.66. The molecular formula is C16H13N3O3. The molecule has 1 heterocycles. The first-order chi connectivity index (χ1) is 10.6. The molecule has 0 aliphatic heterocycles. The lowest BCUT2D eigenvalue weighted by molar-refractivity contribution is 0.1000. The van der Waals surface area contributed by atoms with E-state index in [2.05, 4.69) is 10.2 Å². The lowest BCUT2D eigenvalue weighted by Gasteiger charge is -2.08. The smallest absolute Gasteiger partial charge is 0.272 e. The molecule has 0 aliphatic rings. The molecule has 6 nitrogen and oxygen atoms in total. The van der Waals surface area contributed by atoms with Crippen LogP contribution in [0.25, 0.3) is 10.8 Å². The van der Waals surface area contributed by atoms with Crippen LogP contribution in [0.2, 0.25) is 0 Å². The van der Waals surface area contributed by atoms with Crippen LogP contribution >= 0.6 is 0 Å². The predicted molar refractivity (Wildman–Crippen MR) is 81.7 cm³/mol. The molecule has 1 aromatic heterocycles. The van der Waals surface area contributed by atoms with Gasteiger partial charge in [-0.3, -0.25) is 9.59 Å². The van der Waals surface area contributed by atoms with E-state index in [4.69, 9.17) is 10.5 Å². The standard InChI is InChI=1S/C16H13N3O3/c17-14(20)11-5-3-4-10(8-11)9-22-16-13-7-2-1-6-12(13)15(21)18-19-16/h1-8H,9H2,(H2,17,20)(H,18,21). The number of hydrogen-bond acceptors (Lipinski definition) is 4. The Balaban J connectivity index is 1.89. The number of aromatic nitrogens is 2. The van der Waals surface area contributed by atoms with Crippen molar-refractivity contribution in [1.29, 1.82) is 0 Å². The Labute approximate surface area is 125 Å². The molecule has 0 aliphatic carbocycles. The van der Waals surface area contributed by atoms with E-state index in [-0.39, 0.29) is 12.2 Å². The third kappa shape index (κ3) is 2.67. The van der Waals surface area contributed by atoms with Crippen LogP contribution < -0.4 is 16.0 Å². The third-order valence-corrected chi connectivity index (χ3v) is 3.25. The lowest BCUT2D eigenvalue weighted by atomic mass is 10.1. The van der Waals surface area contributed by atoms with Gasteiger partial charge in [0.25, 0.3) is 5.56 Å². The Morgan fingerprint density at radius 1 is 1.14 bits per heavy atom. The van der Waals surface area contributed by atoms with Crippen LogP contribution in [0.5, 0.6) is 5.88 Å². The summed E-state index contributed by atoms with van der Waals surface area (Å²) >= 11 is 0. The zero-order valence-corrected chi connectivity index (χ0v) is 11.6. The molecule has 3 N–H and O–H groups in total. The van der Waals surface area contributed by atoms with Crippen molar-refractivity contribution < 1.29 is 9.53 Å². The van der Waals surface area contributed by atoms with Gasteiger partial charge in [0, 0.05) is 5.56 Å². The topological polar surface area (TPSA) is 98.1 Å². The van der Waals surface area contributed by atoms with Crippen molar-refractivity contribution in [3.05, 3.63) is 70.0 Å². The average Bonchev–Trinajstić information content (AvgIpc) is 2.55. The first-order valence-electron chi connectivity index (χ1n) is 6.64. The maximum atomic E-state index is 11.7. The molecule has 0 unspecified atom stereocenters. The molecule has 0 bridgehead atoms. The number of ether oxygens (including phenoxy) is 1. The molecule has 0 saturated heterocycles. The Hall–Kier alpha value is -3.15. The summed E-state index contributed by atoms with van der Waals surface area (Å²) in [6, 6.07) is 13.9. The number of rotatable bonds is 4. The summed E-state index contributed by atoms with van der Waals surface area (Å²) in [4.78, 5) is 22.9. The third-order valence-electron chi connectivity index (χ3n) is 3.25. The molecule has 0 radical (unpaired) electrons. The van der Waals surface area contributed by atoms with E-state index in [9.17, 15) is 9.59 Å². The fourth-order valence-corrected chi connectivity index (χ4v) is 2.17. The van der Waals surface area contributed by atoms with Crippen molar-refractivity contribution in [2.24, 2.45) is 5.73 Å². The Bertz CT molecular complexity index is 902. The second-order valence-corrected chi connectivity index (χ2v) is 4.76. The van der Waals surface area contributed by atoms with Crippen LogP contribution in [0.3, 0.4) is 0 Å². The maximum absolute atomic E-state index is 11.7. The molecule has 1 amide bonds. The molecule has 22 heavy (non-hydrogen) atoms. The number of carbonyl (C=O) groups is 1. The first kappa shape index (κ1) is 13.8. The quantitative estimate of drug-likeness (QED) is 0.763. The fraction of sp³-hybridized carbons (Fsp3) is 0.0625. The summed E-state index contributed by atoms with van der Waals surface area (Å²) in [7, 11) is 0. The van der Waals surface area contributed by atoms with E-state index in [0.717, 1.165) is 5.56 Å². The Morgan fingerprint density at radius 2 is 1.91 bits per heavy atom. The molecule has 0 atom stereocenters. The van der Waals surface area contributed by atoms with Gasteiger partial charge in [-0.15, -0.1) is 5.10 Å². The molecule has 3 aromatic rings. The molecule has 0 saturated carbocycles. The average molecular weight is 295 g/mol. The molecule has 3 rings (SSSR count). The van der Waals surface area contributed by atoms with Gasteiger partial charge in [0.1, 0.15) is 6.61 Å². The predicted octanol–water partition coefficient (Wildman–Crippen LogP) is 1.60. The molecule has 2 aromatic carbocycles.